The van der Waals surface area contributed by atoms with Gasteiger partial charge in [0.2, 0.25) is 12.2 Å². The molecule has 1 aliphatic heterocycles. The van der Waals surface area contributed by atoms with E-state index >= 15 is 0 Å². The second-order valence-corrected chi connectivity index (χ2v) is 5.54. The van der Waals surface area contributed by atoms with Crippen LogP contribution < -0.4 is 0 Å². The Labute approximate surface area is 135 Å². The normalized spacial score (nSPS) is 20.7. The zero-order chi connectivity index (χ0) is 16.2. The Morgan fingerprint density at radius 2 is 1.30 bits per heavy atom. The first-order valence-corrected chi connectivity index (χ1v) is 7.74. The zero-order valence-electron chi connectivity index (χ0n) is 12.9. The Bertz CT molecular complexity index is 691. The molecule has 0 radical (unpaired) electrons. The summed E-state index contributed by atoms with van der Waals surface area (Å²) >= 11 is 0. The van der Waals surface area contributed by atoms with E-state index in [4.69, 9.17) is 9.47 Å². The van der Waals surface area contributed by atoms with Crippen LogP contribution in [0, 0.1) is 0 Å². The van der Waals surface area contributed by atoms with E-state index in [2.05, 4.69) is 6.92 Å². The highest BCUT2D eigenvalue weighted by molar-refractivity contribution is 5.89. The van der Waals surface area contributed by atoms with Crippen LogP contribution in [0.4, 0.5) is 0 Å². The highest BCUT2D eigenvalue weighted by atomic mass is 16.6. The molecule has 0 amide bonds. The molecule has 3 rings (SSSR count). The number of carbonyl (C=O) groups is 2. The highest BCUT2D eigenvalue weighted by Crippen LogP contribution is 2.32. The Morgan fingerprint density at radius 1 is 0.783 bits per heavy atom. The number of ether oxygens (including phenoxy) is 2. The second kappa shape index (κ2) is 6.65. The number of carbonyl (C=O) groups excluding carboxylic acids is 2. The van der Waals surface area contributed by atoms with Crippen molar-refractivity contribution in [3.05, 3.63) is 71.3 Å². The summed E-state index contributed by atoms with van der Waals surface area (Å²) < 4.78 is 10.7. The number of rotatable bonds is 4. The van der Waals surface area contributed by atoms with Gasteiger partial charge in [0.15, 0.2) is 0 Å². The summed E-state index contributed by atoms with van der Waals surface area (Å²) in [5, 5.41) is 0. The summed E-state index contributed by atoms with van der Waals surface area (Å²) in [4.78, 5) is 24.4. The number of hydrogen-bond donors (Lipinski definition) is 0. The van der Waals surface area contributed by atoms with Gasteiger partial charge in [-0.1, -0.05) is 67.9 Å². The predicted molar refractivity (Wildman–Crippen MR) is 84.5 cm³/mol. The molecule has 0 bridgehead atoms. The minimum Gasteiger partial charge on any atom is -0.442 e. The molecule has 0 N–H and O–H groups in total. The molecular formula is C19H18O4. The van der Waals surface area contributed by atoms with E-state index in [1.54, 1.807) is 24.3 Å². The first kappa shape index (κ1) is 15.3. The Balaban J connectivity index is 1.77. The Morgan fingerprint density at radius 3 is 1.83 bits per heavy atom. The van der Waals surface area contributed by atoms with Crippen molar-refractivity contribution in [2.75, 3.05) is 0 Å². The van der Waals surface area contributed by atoms with Crippen LogP contribution in [-0.2, 0) is 25.5 Å². The number of cyclic esters (lactones) is 2. The van der Waals surface area contributed by atoms with Gasteiger partial charge in [-0.2, -0.15) is 0 Å². The standard InChI is InChI=1S/C19H18O4/c1-2-6-13-9-11-15(12-10-13)17-19(21)22-16(18(20)23-17)14-7-4-3-5-8-14/h3-5,7-12,16-17H,2,6H2,1H3. The van der Waals surface area contributed by atoms with Gasteiger partial charge in [-0.05, 0) is 12.0 Å². The molecule has 2 atom stereocenters. The summed E-state index contributed by atoms with van der Waals surface area (Å²) in [6.45, 7) is 2.11. The molecule has 1 fully saturated rings. The third kappa shape index (κ3) is 3.26. The summed E-state index contributed by atoms with van der Waals surface area (Å²) in [6.07, 6.45) is 0.0570. The average Bonchev–Trinajstić information content (AvgIpc) is 2.58. The quantitative estimate of drug-likeness (QED) is 0.811. The molecule has 4 heteroatoms. The molecule has 2 unspecified atom stereocenters. The van der Waals surface area contributed by atoms with Crippen LogP contribution in [-0.4, -0.2) is 11.9 Å². The monoisotopic (exact) mass is 310 g/mol. The molecule has 1 saturated heterocycles. The third-order valence-corrected chi connectivity index (χ3v) is 3.82. The van der Waals surface area contributed by atoms with E-state index < -0.39 is 24.1 Å². The second-order valence-electron chi connectivity index (χ2n) is 5.54. The molecule has 23 heavy (non-hydrogen) atoms. The number of aryl methyl sites for hydroxylation is 1. The first-order valence-electron chi connectivity index (χ1n) is 7.74. The van der Waals surface area contributed by atoms with Crippen molar-refractivity contribution in [2.24, 2.45) is 0 Å². The van der Waals surface area contributed by atoms with Crippen LogP contribution in [0.25, 0.3) is 0 Å². The van der Waals surface area contributed by atoms with Crippen molar-refractivity contribution >= 4 is 11.9 Å². The molecule has 2 aromatic rings. The van der Waals surface area contributed by atoms with Crippen LogP contribution in [0.2, 0.25) is 0 Å². The van der Waals surface area contributed by atoms with E-state index in [0.29, 0.717) is 11.1 Å². The predicted octanol–water partition coefficient (Wildman–Crippen LogP) is 3.52. The lowest BCUT2D eigenvalue weighted by atomic mass is 10.0. The average molecular weight is 310 g/mol. The first-order chi connectivity index (χ1) is 11.2. The largest absolute Gasteiger partial charge is 0.442 e. The van der Waals surface area contributed by atoms with Crippen molar-refractivity contribution in [1.29, 1.82) is 0 Å². The molecule has 0 saturated carbocycles. The van der Waals surface area contributed by atoms with Crippen molar-refractivity contribution in [3.8, 4) is 0 Å². The number of hydrogen-bond acceptors (Lipinski definition) is 4. The van der Waals surface area contributed by atoms with Gasteiger partial charge >= 0.3 is 11.9 Å². The fraction of sp³-hybridized carbons (Fsp3) is 0.263. The molecule has 1 heterocycles. The van der Waals surface area contributed by atoms with Crippen molar-refractivity contribution in [2.45, 2.75) is 32.0 Å². The lowest BCUT2D eigenvalue weighted by Crippen LogP contribution is -2.34. The number of benzene rings is 2. The summed E-state index contributed by atoms with van der Waals surface area (Å²) in [7, 11) is 0. The third-order valence-electron chi connectivity index (χ3n) is 3.82. The van der Waals surface area contributed by atoms with E-state index in [-0.39, 0.29) is 0 Å². The number of esters is 2. The summed E-state index contributed by atoms with van der Waals surface area (Å²) in [5.74, 6) is -1.08. The Hall–Kier alpha value is -2.62. The van der Waals surface area contributed by atoms with Gasteiger partial charge in [-0.25, -0.2) is 9.59 Å². The minimum atomic E-state index is -0.988. The topological polar surface area (TPSA) is 52.6 Å². The van der Waals surface area contributed by atoms with E-state index in [0.717, 1.165) is 12.8 Å². The maximum Gasteiger partial charge on any atom is 0.353 e. The van der Waals surface area contributed by atoms with Gasteiger partial charge in [-0.15, -0.1) is 0 Å². The smallest absolute Gasteiger partial charge is 0.353 e. The highest BCUT2D eigenvalue weighted by Gasteiger charge is 2.39. The molecular weight excluding hydrogens is 292 g/mol. The van der Waals surface area contributed by atoms with Crippen LogP contribution in [0.1, 0.15) is 42.2 Å². The molecule has 0 aromatic heterocycles. The fourth-order valence-electron chi connectivity index (χ4n) is 2.64. The van der Waals surface area contributed by atoms with Crippen LogP contribution >= 0.6 is 0 Å². The van der Waals surface area contributed by atoms with Gasteiger partial charge in [0.25, 0.3) is 0 Å². The molecule has 1 aliphatic rings. The lowest BCUT2D eigenvalue weighted by molar-refractivity contribution is -0.196. The van der Waals surface area contributed by atoms with Crippen LogP contribution in [0.15, 0.2) is 54.6 Å². The van der Waals surface area contributed by atoms with E-state index in [1.165, 1.54) is 5.56 Å². The maximum absolute atomic E-state index is 12.2. The van der Waals surface area contributed by atoms with Gasteiger partial charge < -0.3 is 9.47 Å². The van der Waals surface area contributed by atoms with Gasteiger partial charge in [0, 0.05) is 11.1 Å². The zero-order valence-corrected chi connectivity index (χ0v) is 12.9. The molecule has 118 valence electrons. The Kier molecular flexibility index (Phi) is 4.42. The molecule has 2 aromatic carbocycles. The van der Waals surface area contributed by atoms with Crippen LogP contribution in [0.3, 0.4) is 0 Å². The summed E-state index contributed by atoms with van der Waals surface area (Å²) in [5.41, 5.74) is 2.44. The van der Waals surface area contributed by atoms with Crippen molar-refractivity contribution < 1.29 is 19.1 Å². The van der Waals surface area contributed by atoms with E-state index in [9.17, 15) is 9.59 Å². The van der Waals surface area contributed by atoms with Gasteiger partial charge in [0.05, 0.1) is 0 Å². The summed E-state index contributed by atoms with van der Waals surface area (Å²) in [6, 6.07) is 16.4. The van der Waals surface area contributed by atoms with E-state index in [1.807, 2.05) is 30.3 Å². The lowest BCUT2D eigenvalue weighted by Gasteiger charge is -2.27. The van der Waals surface area contributed by atoms with Crippen molar-refractivity contribution in [1.82, 2.24) is 0 Å². The fourth-order valence-corrected chi connectivity index (χ4v) is 2.64. The van der Waals surface area contributed by atoms with Gasteiger partial charge in [-0.3, -0.25) is 0 Å². The molecule has 0 spiro atoms. The molecule has 4 nitrogen and oxygen atoms in total. The van der Waals surface area contributed by atoms with Crippen LogP contribution in [0.5, 0.6) is 0 Å². The minimum absolute atomic E-state index is 0.540. The SMILES string of the molecule is CCCc1ccc(C2OC(=O)C(c3ccccc3)OC2=O)cc1. The molecule has 0 aliphatic carbocycles. The maximum atomic E-state index is 12.2. The van der Waals surface area contributed by atoms with Gasteiger partial charge in [0.1, 0.15) is 0 Å². The van der Waals surface area contributed by atoms with Crippen molar-refractivity contribution in [3.63, 3.8) is 0 Å².